The third-order valence-corrected chi connectivity index (χ3v) is 5.16. The van der Waals surface area contributed by atoms with Crippen LogP contribution in [0.25, 0.3) is 0 Å². The molecule has 0 saturated heterocycles. The van der Waals surface area contributed by atoms with Crippen LogP contribution in [0.3, 0.4) is 0 Å². The summed E-state index contributed by atoms with van der Waals surface area (Å²) in [7, 11) is -3.28. The molecule has 20 heavy (non-hydrogen) atoms. The maximum Gasteiger partial charge on any atom is 0.251 e. The molecule has 1 rings (SSSR count). The molecule has 0 aliphatic rings. The molecule has 0 radical (unpaired) electrons. The van der Waals surface area contributed by atoms with Gasteiger partial charge in [-0.3, -0.25) is 4.79 Å². The van der Waals surface area contributed by atoms with Gasteiger partial charge in [-0.15, -0.1) is 0 Å². The quantitative estimate of drug-likeness (QED) is 0.599. The second-order valence-corrected chi connectivity index (χ2v) is 7.62. The summed E-state index contributed by atoms with van der Waals surface area (Å²) in [6, 6.07) is 6.10. The summed E-state index contributed by atoms with van der Waals surface area (Å²) in [5.41, 5.74) is 0.376. The van der Waals surface area contributed by atoms with Crippen LogP contribution in [-0.2, 0) is 9.84 Å². The van der Waals surface area contributed by atoms with Crippen LogP contribution < -0.4 is 5.32 Å². The predicted octanol–water partition coefficient (Wildman–Crippen LogP) is 2.63. The molecule has 1 N–H and O–H groups in total. The fraction of sp³-hybridized carbons (Fsp3) is 0.500. The van der Waals surface area contributed by atoms with Gasteiger partial charge in [-0.25, -0.2) is 8.42 Å². The fourth-order valence-corrected chi connectivity index (χ4v) is 2.69. The lowest BCUT2D eigenvalue weighted by atomic mass is 10.1. The van der Waals surface area contributed by atoms with Crippen molar-refractivity contribution in [1.82, 2.24) is 5.32 Å². The topological polar surface area (TPSA) is 63.2 Å². The van der Waals surface area contributed by atoms with Crippen LogP contribution >= 0.6 is 15.9 Å². The zero-order chi connectivity index (χ0) is 15.2. The molecule has 0 aromatic heterocycles. The van der Waals surface area contributed by atoms with E-state index in [2.05, 4.69) is 28.2 Å². The third-order valence-electron chi connectivity index (χ3n) is 2.95. The van der Waals surface area contributed by atoms with E-state index in [1.807, 2.05) is 0 Å². The largest absolute Gasteiger partial charge is 0.352 e. The van der Waals surface area contributed by atoms with Gasteiger partial charge in [0.1, 0.15) is 0 Å². The van der Waals surface area contributed by atoms with Crippen LogP contribution in [0.4, 0.5) is 0 Å². The van der Waals surface area contributed by atoms with E-state index in [1.54, 1.807) is 12.1 Å². The van der Waals surface area contributed by atoms with Gasteiger partial charge in [-0.05, 0) is 37.0 Å². The summed E-state index contributed by atoms with van der Waals surface area (Å²) in [6.45, 7) is 2.74. The Balaban J connectivity index is 2.56. The van der Waals surface area contributed by atoms with Crippen molar-refractivity contribution in [2.24, 2.45) is 5.92 Å². The minimum absolute atomic E-state index is 0.165. The molecule has 1 amide bonds. The fourth-order valence-electron chi connectivity index (χ4n) is 1.70. The SMILES string of the molecule is CC(CBr)CCCNC(=O)c1cccc(S(C)(=O)=O)c1. The van der Waals surface area contributed by atoms with Crippen LogP contribution in [0.15, 0.2) is 29.2 Å². The van der Waals surface area contributed by atoms with Gasteiger partial charge in [0.05, 0.1) is 4.90 Å². The summed E-state index contributed by atoms with van der Waals surface area (Å²) in [6.07, 6.45) is 3.07. The maximum absolute atomic E-state index is 11.9. The number of sulfone groups is 1. The van der Waals surface area contributed by atoms with Gasteiger partial charge in [0.2, 0.25) is 0 Å². The first kappa shape index (κ1) is 17.2. The number of rotatable bonds is 7. The lowest BCUT2D eigenvalue weighted by Gasteiger charge is -2.09. The first-order chi connectivity index (χ1) is 9.34. The van der Waals surface area contributed by atoms with Gasteiger partial charge < -0.3 is 5.32 Å². The highest BCUT2D eigenvalue weighted by molar-refractivity contribution is 9.09. The molecule has 0 aliphatic carbocycles. The number of nitrogens with one attached hydrogen (secondary N) is 1. The summed E-state index contributed by atoms with van der Waals surface area (Å²) in [4.78, 5) is 12.1. The Kier molecular flexibility index (Phi) is 6.68. The smallest absolute Gasteiger partial charge is 0.251 e. The van der Waals surface area contributed by atoms with Gasteiger partial charge in [0.15, 0.2) is 9.84 Å². The Bertz CT molecular complexity index is 557. The highest BCUT2D eigenvalue weighted by atomic mass is 79.9. The van der Waals surface area contributed by atoms with Crippen molar-refractivity contribution in [3.8, 4) is 0 Å². The molecule has 0 heterocycles. The van der Waals surface area contributed by atoms with Crippen LogP contribution in [0.1, 0.15) is 30.1 Å². The van der Waals surface area contributed by atoms with Crippen molar-refractivity contribution in [2.75, 3.05) is 18.1 Å². The van der Waals surface area contributed by atoms with Gasteiger partial charge in [-0.1, -0.05) is 28.9 Å². The first-order valence-electron chi connectivity index (χ1n) is 6.49. The predicted molar refractivity (Wildman–Crippen MR) is 84.1 cm³/mol. The standard InChI is InChI=1S/C14H20BrNO3S/c1-11(10-15)5-4-8-16-14(17)12-6-3-7-13(9-12)20(2,18)19/h3,6-7,9,11H,4-5,8,10H2,1-2H3,(H,16,17). The maximum atomic E-state index is 11.9. The second kappa shape index (κ2) is 7.78. The van der Waals surface area contributed by atoms with E-state index in [0.717, 1.165) is 24.4 Å². The molecule has 0 aliphatic heterocycles. The average molecular weight is 362 g/mol. The van der Waals surface area contributed by atoms with Crippen LogP contribution in [0.2, 0.25) is 0 Å². The number of hydrogen-bond acceptors (Lipinski definition) is 3. The van der Waals surface area contributed by atoms with E-state index in [1.165, 1.54) is 12.1 Å². The van der Waals surface area contributed by atoms with E-state index < -0.39 is 9.84 Å². The Labute approximate surface area is 129 Å². The number of alkyl halides is 1. The van der Waals surface area contributed by atoms with E-state index in [9.17, 15) is 13.2 Å². The normalized spacial score (nSPS) is 12.9. The van der Waals surface area contributed by atoms with E-state index >= 15 is 0 Å². The number of amides is 1. The molecule has 1 aromatic rings. The molecule has 6 heteroatoms. The van der Waals surface area contributed by atoms with E-state index in [-0.39, 0.29) is 10.8 Å². The first-order valence-corrected chi connectivity index (χ1v) is 9.50. The summed E-state index contributed by atoms with van der Waals surface area (Å²) >= 11 is 3.41. The van der Waals surface area contributed by atoms with E-state index in [4.69, 9.17) is 0 Å². The van der Waals surface area contributed by atoms with Gasteiger partial charge in [0, 0.05) is 23.7 Å². The molecule has 1 atom stereocenters. The van der Waals surface area contributed by atoms with Crippen molar-refractivity contribution in [3.05, 3.63) is 29.8 Å². The molecule has 0 spiro atoms. The Hall–Kier alpha value is -0.880. The number of carbonyl (C=O) groups excluding carboxylic acids is 1. The number of halogens is 1. The second-order valence-electron chi connectivity index (χ2n) is 4.96. The van der Waals surface area contributed by atoms with Gasteiger partial charge in [0.25, 0.3) is 5.91 Å². The molecule has 0 saturated carbocycles. The summed E-state index contributed by atoms with van der Waals surface area (Å²) < 4.78 is 22.9. The van der Waals surface area contributed by atoms with E-state index in [0.29, 0.717) is 18.0 Å². The molecule has 1 aromatic carbocycles. The van der Waals surface area contributed by atoms with Crippen molar-refractivity contribution in [1.29, 1.82) is 0 Å². The molecule has 0 bridgehead atoms. The number of benzene rings is 1. The van der Waals surface area contributed by atoms with Crippen molar-refractivity contribution in [3.63, 3.8) is 0 Å². The van der Waals surface area contributed by atoms with Crippen molar-refractivity contribution in [2.45, 2.75) is 24.7 Å². The average Bonchev–Trinajstić information content (AvgIpc) is 2.42. The van der Waals surface area contributed by atoms with Gasteiger partial charge >= 0.3 is 0 Å². The zero-order valence-corrected chi connectivity index (χ0v) is 14.1. The summed E-state index contributed by atoms with van der Waals surface area (Å²) in [5, 5.41) is 3.76. The Morgan fingerprint density at radius 1 is 1.40 bits per heavy atom. The molecule has 0 fully saturated rings. The third kappa shape index (κ3) is 5.63. The van der Waals surface area contributed by atoms with Crippen LogP contribution in [0, 0.1) is 5.92 Å². The molecule has 4 nitrogen and oxygen atoms in total. The Morgan fingerprint density at radius 2 is 2.10 bits per heavy atom. The highest BCUT2D eigenvalue weighted by Gasteiger charge is 2.11. The number of carbonyl (C=O) groups is 1. The minimum Gasteiger partial charge on any atom is -0.352 e. The van der Waals surface area contributed by atoms with Crippen LogP contribution in [0.5, 0.6) is 0 Å². The molecular formula is C14H20BrNO3S. The summed E-state index contributed by atoms with van der Waals surface area (Å²) in [5.74, 6) is 0.349. The minimum atomic E-state index is -3.28. The highest BCUT2D eigenvalue weighted by Crippen LogP contribution is 2.11. The number of hydrogen-bond donors (Lipinski definition) is 1. The lowest BCUT2D eigenvalue weighted by Crippen LogP contribution is -2.25. The molecular weight excluding hydrogens is 342 g/mol. The zero-order valence-electron chi connectivity index (χ0n) is 11.7. The van der Waals surface area contributed by atoms with Crippen molar-refractivity contribution >= 4 is 31.7 Å². The Morgan fingerprint density at radius 3 is 2.70 bits per heavy atom. The van der Waals surface area contributed by atoms with Crippen molar-refractivity contribution < 1.29 is 13.2 Å². The monoisotopic (exact) mass is 361 g/mol. The van der Waals surface area contributed by atoms with Gasteiger partial charge in [-0.2, -0.15) is 0 Å². The molecule has 1 unspecified atom stereocenters. The molecule has 112 valence electrons. The lowest BCUT2D eigenvalue weighted by molar-refractivity contribution is 0.0952. The van der Waals surface area contributed by atoms with Crippen LogP contribution in [-0.4, -0.2) is 32.5 Å².